The number of carbonyl (C=O) groups is 1. The van der Waals surface area contributed by atoms with Gasteiger partial charge in [0.2, 0.25) is 0 Å². The number of aromatic nitrogens is 2. The van der Waals surface area contributed by atoms with Gasteiger partial charge in [-0.3, -0.25) is 23.7 Å². The molecule has 1 saturated carbocycles. The third-order valence-corrected chi connectivity index (χ3v) is 8.54. The number of para-hydroxylation sites is 1. The van der Waals surface area contributed by atoms with E-state index in [0.29, 0.717) is 0 Å². The van der Waals surface area contributed by atoms with Crippen LogP contribution in [0.5, 0.6) is 5.75 Å². The Hall–Kier alpha value is -3.58. The molecule has 1 aliphatic carbocycles. The van der Waals surface area contributed by atoms with Crippen molar-refractivity contribution >= 4 is 13.7 Å². The highest BCUT2D eigenvalue weighted by molar-refractivity contribution is 7.52. The summed E-state index contributed by atoms with van der Waals surface area (Å²) < 4.78 is 37.6. The molecule has 7 atom stereocenters. The number of aromatic amines is 1. The Morgan fingerprint density at radius 1 is 1.15 bits per heavy atom. The van der Waals surface area contributed by atoms with E-state index >= 15 is 0 Å². The van der Waals surface area contributed by atoms with Gasteiger partial charge in [-0.25, -0.2) is 9.36 Å². The van der Waals surface area contributed by atoms with Crippen LogP contribution in [-0.4, -0.2) is 56.7 Å². The van der Waals surface area contributed by atoms with Gasteiger partial charge in [0.25, 0.3) is 5.56 Å². The van der Waals surface area contributed by atoms with Crippen LogP contribution in [0.4, 0.5) is 0 Å². The van der Waals surface area contributed by atoms with Gasteiger partial charge in [-0.15, -0.1) is 0 Å². The van der Waals surface area contributed by atoms with Crippen molar-refractivity contribution in [3.8, 4) is 5.75 Å². The third-order valence-electron chi connectivity index (χ3n) is 6.88. The number of esters is 1. The molecule has 1 aliphatic heterocycles. The minimum atomic E-state index is -4.35. The van der Waals surface area contributed by atoms with Crippen molar-refractivity contribution in [2.45, 2.75) is 44.1 Å². The molecule has 5 rings (SSSR count). The topological polar surface area (TPSA) is 178 Å². The first-order valence-corrected chi connectivity index (χ1v) is 14.0. The lowest BCUT2D eigenvalue weighted by atomic mass is 9.99. The van der Waals surface area contributed by atoms with Gasteiger partial charge in [0, 0.05) is 12.3 Å². The second-order valence-electron chi connectivity index (χ2n) is 9.55. The summed E-state index contributed by atoms with van der Waals surface area (Å²) in [7, 11) is -4.35. The van der Waals surface area contributed by atoms with E-state index in [1.54, 1.807) is 42.5 Å². The quantitative estimate of drug-likeness (QED) is 0.191. The van der Waals surface area contributed by atoms with Crippen LogP contribution in [0.3, 0.4) is 0 Å². The average Bonchev–Trinajstić information content (AvgIpc) is 3.43. The van der Waals surface area contributed by atoms with Crippen molar-refractivity contribution in [3.05, 3.63) is 99.3 Å². The Morgan fingerprint density at radius 3 is 2.45 bits per heavy atom. The Morgan fingerprint density at radius 2 is 1.82 bits per heavy atom. The highest BCUT2D eigenvalue weighted by atomic mass is 31.2. The van der Waals surface area contributed by atoms with Gasteiger partial charge < -0.3 is 24.2 Å². The zero-order valence-corrected chi connectivity index (χ0v) is 22.2. The maximum atomic E-state index is 14.0. The minimum Gasteiger partial charge on any atom is -0.460 e. The Balaban J connectivity index is 1.33. The van der Waals surface area contributed by atoms with Crippen molar-refractivity contribution in [3.63, 3.8) is 0 Å². The lowest BCUT2D eigenvalue weighted by Crippen LogP contribution is -2.41. The van der Waals surface area contributed by atoms with Gasteiger partial charge in [-0.2, -0.15) is 5.09 Å². The van der Waals surface area contributed by atoms with Gasteiger partial charge in [0.05, 0.1) is 12.0 Å². The average molecular weight is 573 g/mol. The number of hydrogen-bond acceptors (Lipinski definition) is 10. The molecule has 2 heterocycles. The summed E-state index contributed by atoms with van der Waals surface area (Å²) in [6.45, 7) is 0.787. The number of hydrogen-bond donors (Lipinski definition) is 4. The van der Waals surface area contributed by atoms with Gasteiger partial charge in [0.15, 0.2) is 6.23 Å². The predicted octanol–water partition coefficient (Wildman–Crippen LogP) is 1.08. The molecule has 4 N–H and O–H groups in total. The minimum absolute atomic E-state index is 0.000257. The molecule has 0 radical (unpaired) electrons. The number of H-pyrrole nitrogens is 1. The number of nitrogens with zero attached hydrogens (tertiary/aromatic N) is 1. The largest absolute Gasteiger partial charge is 0.460 e. The molecule has 2 fully saturated rings. The van der Waals surface area contributed by atoms with E-state index in [0.717, 1.165) is 22.4 Å². The number of ether oxygens (including phenoxy) is 2. The van der Waals surface area contributed by atoms with Crippen LogP contribution in [0.25, 0.3) is 0 Å². The summed E-state index contributed by atoms with van der Waals surface area (Å²) in [6.07, 6.45) is -3.66. The van der Waals surface area contributed by atoms with Crippen molar-refractivity contribution in [2.75, 3.05) is 6.61 Å². The van der Waals surface area contributed by atoms with E-state index in [4.69, 9.17) is 18.5 Å². The molecule has 0 amide bonds. The first-order chi connectivity index (χ1) is 19.2. The van der Waals surface area contributed by atoms with Gasteiger partial charge in [-0.1, -0.05) is 48.5 Å². The fourth-order valence-electron chi connectivity index (χ4n) is 4.68. The highest BCUT2D eigenvalue weighted by Crippen LogP contribution is 2.66. The molecule has 2 aromatic carbocycles. The molecule has 1 saturated heterocycles. The molecule has 40 heavy (non-hydrogen) atoms. The zero-order chi connectivity index (χ0) is 28.5. The van der Waals surface area contributed by atoms with Gasteiger partial charge >= 0.3 is 19.4 Å². The summed E-state index contributed by atoms with van der Waals surface area (Å²) >= 11 is 0. The molecule has 0 spiro atoms. The Labute approximate surface area is 227 Å². The molecule has 7 unspecified atom stereocenters. The van der Waals surface area contributed by atoms with Crippen LogP contribution in [0.1, 0.15) is 18.7 Å². The second-order valence-corrected chi connectivity index (χ2v) is 11.2. The van der Waals surface area contributed by atoms with Crippen LogP contribution in [0.15, 0.2) is 82.5 Å². The number of aliphatic hydroxyl groups is 2. The van der Waals surface area contributed by atoms with Gasteiger partial charge in [0.1, 0.15) is 36.7 Å². The Kier molecular flexibility index (Phi) is 7.78. The molecule has 0 bridgehead atoms. The first-order valence-electron chi connectivity index (χ1n) is 12.4. The van der Waals surface area contributed by atoms with Crippen LogP contribution in [-0.2, 0) is 30.0 Å². The SMILES string of the molecule is CC(NP(=O)(Oc1ccccc1)OC1C2OC(n3ccc(=O)[nH]c3=O)C(O)C21CO)C(=O)OCc1ccccc1. The summed E-state index contributed by atoms with van der Waals surface area (Å²) in [5.74, 6) is -0.544. The molecule has 2 aliphatic rings. The van der Waals surface area contributed by atoms with Crippen molar-refractivity contribution in [2.24, 2.45) is 5.41 Å². The molecule has 13 nitrogen and oxygen atoms in total. The summed E-state index contributed by atoms with van der Waals surface area (Å²) in [5.41, 5.74) is -2.13. The van der Waals surface area contributed by atoms with E-state index in [1.165, 1.54) is 19.1 Å². The number of benzene rings is 2. The normalized spacial score (nSPS) is 27.3. The summed E-state index contributed by atoms with van der Waals surface area (Å²) in [5, 5.41) is 23.9. The first kappa shape index (κ1) is 28.0. The van der Waals surface area contributed by atoms with Gasteiger partial charge in [-0.05, 0) is 24.6 Å². The molecule has 212 valence electrons. The molecular weight excluding hydrogens is 545 g/mol. The van der Waals surface area contributed by atoms with Crippen LogP contribution in [0.2, 0.25) is 0 Å². The fourth-order valence-corrected chi connectivity index (χ4v) is 6.42. The third kappa shape index (κ3) is 5.39. The zero-order valence-electron chi connectivity index (χ0n) is 21.3. The maximum Gasteiger partial charge on any atom is 0.459 e. The lowest BCUT2D eigenvalue weighted by Gasteiger charge is -2.28. The van der Waals surface area contributed by atoms with Crippen LogP contribution >= 0.6 is 7.75 Å². The maximum absolute atomic E-state index is 14.0. The van der Waals surface area contributed by atoms with Crippen LogP contribution < -0.4 is 20.9 Å². The molecule has 3 aromatic rings. The molecule has 1 aromatic heterocycles. The lowest BCUT2D eigenvalue weighted by molar-refractivity contribution is -0.146. The summed E-state index contributed by atoms with van der Waals surface area (Å²) in [4.78, 5) is 38.4. The molecular formula is C26H28N3O10P. The van der Waals surface area contributed by atoms with Crippen molar-refractivity contribution in [1.82, 2.24) is 14.6 Å². The fraction of sp³-hybridized carbons (Fsp3) is 0.346. The van der Waals surface area contributed by atoms with E-state index in [9.17, 15) is 29.2 Å². The molecule has 14 heteroatoms. The number of rotatable bonds is 11. The van der Waals surface area contributed by atoms with E-state index in [-0.39, 0.29) is 12.4 Å². The standard InChI is InChI=1S/C26H28N3O10P/c1-16(24(33)36-14-17-8-4-2-5-9-17)28-40(35,38-18-10-6-3-7-11-18)39-22-21-26(22,15-30)20(32)23(37-21)29-13-12-19(31)27-25(29)34/h2-13,16,20-23,30,32H,14-15H2,1H3,(H,28,35)(H,27,31,34). The number of aliphatic hydroxyl groups excluding tert-OH is 2. The number of fused-ring (bicyclic) bond motifs is 1. The highest BCUT2D eigenvalue weighted by Gasteiger charge is 2.79. The smallest absolute Gasteiger partial charge is 0.459 e. The van der Waals surface area contributed by atoms with E-state index < -0.39 is 67.6 Å². The van der Waals surface area contributed by atoms with E-state index in [1.807, 2.05) is 6.07 Å². The Bertz CT molecular complexity index is 1510. The van der Waals surface area contributed by atoms with E-state index in [2.05, 4.69) is 10.1 Å². The monoisotopic (exact) mass is 573 g/mol. The summed E-state index contributed by atoms with van der Waals surface area (Å²) in [6, 6.07) is 17.1. The second kappa shape index (κ2) is 11.1. The van der Waals surface area contributed by atoms with Crippen molar-refractivity contribution in [1.29, 1.82) is 0 Å². The van der Waals surface area contributed by atoms with Crippen LogP contribution in [0, 0.1) is 5.41 Å². The number of carbonyl (C=O) groups excluding carboxylic acids is 1. The predicted molar refractivity (Wildman–Crippen MR) is 139 cm³/mol. The number of nitrogens with one attached hydrogen (secondary N) is 2. The van der Waals surface area contributed by atoms with Crippen molar-refractivity contribution < 1.29 is 38.1 Å².